The van der Waals surface area contributed by atoms with Gasteiger partial charge in [0.1, 0.15) is 11.4 Å². The first-order valence-corrected chi connectivity index (χ1v) is 6.05. The van der Waals surface area contributed by atoms with Gasteiger partial charge in [0, 0.05) is 19.1 Å². The molecule has 18 heavy (non-hydrogen) atoms. The SMILES string of the molecule is CC(=O)SCCC#Cc1ccc(F)cc1[N+](=O)[O-]. The molecule has 0 saturated heterocycles. The van der Waals surface area contributed by atoms with E-state index < -0.39 is 10.7 Å². The molecule has 0 aliphatic heterocycles. The van der Waals surface area contributed by atoms with Crippen molar-refractivity contribution in [2.75, 3.05) is 5.75 Å². The third-order valence-electron chi connectivity index (χ3n) is 1.91. The third kappa shape index (κ3) is 4.55. The summed E-state index contributed by atoms with van der Waals surface area (Å²) in [7, 11) is 0. The normalized spacial score (nSPS) is 9.44. The van der Waals surface area contributed by atoms with Crippen molar-refractivity contribution in [2.24, 2.45) is 0 Å². The van der Waals surface area contributed by atoms with Gasteiger partial charge in [-0.3, -0.25) is 14.9 Å². The van der Waals surface area contributed by atoms with Crippen LogP contribution in [0, 0.1) is 27.8 Å². The van der Waals surface area contributed by atoms with Crippen molar-refractivity contribution in [3.05, 3.63) is 39.7 Å². The predicted octanol–water partition coefficient (Wildman–Crippen LogP) is 2.76. The minimum absolute atomic E-state index is 0.00422. The van der Waals surface area contributed by atoms with E-state index in [4.69, 9.17) is 0 Å². The van der Waals surface area contributed by atoms with Gasteiger partial charge in [0.15, 0.2) is 5.12 Å². The molecule has 1 rings (SSSR count). The number of halogens is 1. The molecule has 0 aliphatic carbocycles. The molecule has 0 aliphatic rings. The Morgan fingerprint density at radius 1 is 1.56 bits per heavy atom. The number of carbonyl (C=O) groups excluding carboxylic acids is 1. The van der Waals surface area contributed by atoms with Crippen LogP contribution in [0.2, 0.25) is 0 Å². The highest BCUT2D eigenvalue weighted by Crippen LogP contribution is 2.18. The Morgan fingerprint density at radius 2 is 2.28 bits per heavy atom. The van der Waals surface area contributed by atoms with E-state index in [2.05, 4.69) is 11.8 Å². The Morgan fingerprint density at radius 3 is 2.89 bits per heavy atom. The minimum Gasteiger partial charge on any atom is -0.288 e. The predicted molar refractivity (Wildman–Crippen MR) is 67.7 cm³/mol. The maximum atomic E-state index is 12.8. The lowest BCUT2D eigenvalue weighted by molar-refractivity contribution is -0.385. The number of hydrogen-bond acceptors (Lipinski definition) is 4. The average molecular weight is 267 g/mol. The first-order chi connectivity index (χ1) is 8.50. The van der Waals surface area contributed by atoms with Gasteiger partial charge in [-0.25, -0.2) is 4.39 Å². The van der Waals surface area contributed by atoms with Crippen LogP contribution >= 0.6 is 11.8 Å². The zero-order valence-electron chi connectivity index (χ0n) is 9.60. The molecule has 6 heteroatoms. The summed E-state index contributed by atoms with van der Waals surface area (Å²) < 4.78 is 12.8. The molecule has 4 nitrogen and oxygen atoms in total. The van der Waals surface area contributed by atoms with Crippen LogP contribution in [-0.4, -0.2) is 15.8 Å². The molecule has 0 N–H and O–H groups in total. The number of thioether (sulfide) groups is 1. The van der Waals surface area contributed by atoms with Crippen LogP contribution in [0.1, 0.15) is 18.9 Å². The first kappa shape index (κ1) is 14.2. The molecule has 94 valence electrons. The number of carbonyl (C=O) groups is 1. The maximum absolute atomic E-state index is 12.8. The van der Waals surface area contributed by atoms with Crippen molar-refractivity contribution in [3.63, 3.8) is 0 Å². The molecule has 0 atom stereocenters. The summed E-state index contributed by atoms with van der Waals surface area (Å²) in [5, 5.41) is 10.7. The molecule has 0 heterocycles. The third-order valence-corrected chi connectivity index (χ3v) is 2.73. The lowest BCUT2D eigenvalue weighted by Crippen LogP contribution is -1.93. The van der Waals surface area contributed by atoms with Crippen LogP contribution in [0.4, 0.5) is 10.1 Å². The summed E-state index contributed by atoms with van der Waals surface area (Å²) in [5.74, 6) is 5.21. The monoisotopic (exact) mass is 267 g/mol. The number of nitrogens with zero attached hydrogens (tertiary/aromatic N) is 1. The smallest absolute Gasteiger partial charge is 0.287 e. The molecule has 0 unspecified atom stereocenters. The van der Waals surface area contributed by atoms with Gasteiger partial charge in [0.05, 0.1) is 11.0 Å². The van der Waals surface area contributed by atoms with Crippen molar-refractivity contribution in [1.82, 2.24) is 0 Å². The maximum Gasteiger partial charge on any atom is 0.287 e. The molecular weight excluding hydrogens is 257 g/mol. The van der Waals surface area contributed by atoms with E-state index in [9.17, 15) is 19.3 Å². The standard InChI is InChI=1S/C12H10FNO3S/c1-9(15)18-7-3-2-4-10-5-6-11(13)8-12(10)14(16)17/h5-6,8H,3,7H2,1H3. The highest BCUT2D eigenvalue weighted by Gasteiger charge is 2.12. The second-order valence-electron chi connectivity index (χ2n) is 3.31. The molecule has 1 aromatic carbocycles. The number of nitro groups is 1. The molecule has 0 saturated carbocycles. The second kappa shape index (κ2) is 6.77. The van der Waals surface area contributed by atoms with E-state index in [0.717, 1.165) is 23.9 Å². The van der Waals surface area contributed by atoms with Gasteiger partial charge in [-0.2, -0.15) is 0 Å². The van der Waals surface area contributed by atoms with Crippen LogP contribution in [0.25, 0.3) is 0 Å². The van der Waals surface area contributed by atoms with E-state index in [1.165, 1.54) is 13.0 Å². The first-order valence-electron chi connectivity index (χ1n) is 5.07. The molecular formula is C12H10FNO3S. The van der Waals surface area contributed by atoms with Crippen LogP contribution < -0.4 is 0 Å². The molecule has 0 aromatic heterocycles. The van der Waals surface area contributed by atoms with E-state index in [1.54, 1.807) is 0 Å². The van der Waals surface area contributed by atoms with Crippen molar-refractivity contribution < 1.29 is 14.1 Å². The summed E-state index contributed by atoms with van der Waals surface area (Å²) in [4.78, 5) is 20.6. The fraction of sp³-hybridized carbons (Fsp3) is 0.250. The molecule has 0 bridgehead atoms. The number of hydrogen-bond donors (Lipinski definition) is 0. The highest BCUT2D eigenvalue weighted by molar-refractivity contribution is 8.13. The summed E-state index contributed by atoms with van der Waals surface area (Å²) in [5.41, 5.74) is -0.170. The fourth-order valence-corrected chi connectivity index (χ4v) is 1.66. The summed E-state index contributed by atoms with van der Waals surface area (Å²) in [6.45, 7) is 1.46. The van der Waals surface area contributed by atoms with Crippen molar-refractivity contribution in [2.45, 2.75) is 13.3 Å². The number of benzene rings is 1. The van der Waals surface area contributed by atoms with Gasteiger partial charge in [0.2, 0.25) is 0 Å². The van der Waals surface area contributed by atoms with Crippen LogP contribution in [-0.2, 0) is 4.79 Å². The average Bonchev–Trinajstić information content (AvgIpc) is 2.29. The van der Waals surface area contributed by atoms with Crippen molar-refractivity contribution in [3.8, 4) is 11.8 Å². The van der Waals surface area contributed by atoms with E-state index in [0.29, 0.717) is 12.2 Å². The molecule has 0 radical (unpaired) electrons. The molecule has 0 spiro atoms. The van der Waals surface area contributed by atoms with E-state index in [1.807, 2.05) is 0 Å². The topological polar surface area (TPSA) is 60.2 Å². The zero-order chi connectivity index (χ0) is 13.5. The lowest BCUT2D eigenvalue weighted by Gasteiger charge is -1.95. The van der Waals surface area contributed by atoms with Gasteiger partial charge >= 0.3 is 0 Å². The largest absolute Gasteiger partial charge is 0.288 e. The van der Waals surface area contributed by atoms with Crippen LogP contribution in [0.3, 0.4) is 0 Å². The quantitative estimate of drug-likeness (QED) is 0.365. The van der Waals surface area contributed by atoms with Gasteiger partial charge < -0.3 is 0 Å². The van der Waals surface area contributed by atoms with Gasteiger partial charge in [-0.15, -0.1) is 0 Å². The zero-order valence-corrected chi connectivity index (χ0v) is 10.4. The van der Waals surface area contributed by atoms with E-state index >= 15 is 0 Å². The Labute approximate surface area is 108 Å². The van der Waals surface area contributed by atoms with Crippen LogP contribution in [0.5, 0.6) is 0 Å². The molecule has 0 fully saturated rings. The summed E-state index contributed by atoms with van der Waals surface area (Å²) in [6, 6.07) is 3.24. The van der Waals surface area contributed by atoms with Gasteiger partial charge in [-0.05, 0) is 12.1 Å². The Bertz CT molecular complexity index is 534. The Balaban J connectivity index is 2.75. The van der Waals surface area contributed by atoms with Crippen LogP contribution in [0.15, 0.2) is 18.2 Å². The summed E-state index contributed by atoms with van der Waals surface area (Å²) in [6.07, 6.45) is 0.443. The molecule has 1 aromatic rings. The highest BCUT2D eigenvalue weighted by atomic mass is 32.2. The van der Waals surface area contributed by atoms with Crippen molar-refractivity contribution >= 4 is 22.6 Å². The molecule has 0 amide bonds. The number of rotatable bonds is 3. The van der Waals surface area contributed by atoms with Gasteiger partial charge in [-0.1, -0.05) is 23.6 Å². The van der Waals surface area contributed by atoms with Gasteiger partial charge in [0.25, 0.3) is 5.69 Å². The fourth-order valence-electron chi connectivity index (χ4n) is 1.17. The Hall–Kier alpha value is -1.87. The lowest BCUT2D eigenvalue weighted by atomic mass is 10.2. The van der Waals surface area contributed by atoms with Crippen molar-refractivity contribution in [1.29, 1.82) is 0 Å². The Kier molecular flexibility index (Phi) is 5.33. The van der Waals surface area contributed by atoms with E-state index in [-0.39, 0.29) is 16.4 Å². The second-order valence-corrected chi connectivity index (χ2v) is 4.58. The number of nitro benzene ring substituents is 1. The summed E-state index contributed by atoms with van der Waals surface area (Å²) >= 11 is 1.14. The minimum atomic E-state index is -0.669.